The molecule has 10 heavy (non-hydrogen) atoms. The Morgan fingerprint density at radius 3 is 2.30 bits per heavy atom. The quantitative estimate of drug-likeness (QED) is 0.699. The molecule has 0 saturated heterocycles. The second-order valence-corrected chi connectivity index (χ2v) is 2.69. The van der Waals surface area contributed by atoms with Gasteiger partial charge in [-0.25, -0.2) is 0 Å². The van der Waals surface area contributed by atoms with E-state index in [4.69, 9.17) is 5.73 Å². The van der Waals surface area contributed by atoms with Crippen molar-refractivity contribution in [3.05, 3.63) is 11.4 Å². The van der Waals surface area contributed by atoms with Crippen LogP contribution in [0.1, 0.15) is 6.92 Å². The van der Waals surface area contributed by atoms with Gasteiger partial charge in [-0.15, -0.1) is 0 Å². The van der Waals surface area contributed by atoms with Crippen molar-refractivity contribution >= 4 is 9.58 Å². The molecule has 54 valence electrons. The van der Waals surface area contributed by atoms with Crippen LogP contribution in [0.4, 0.5) is 0 Å². The van der Waals surface area contributed by atoms with E-state index in [0.29, 0.717) is 0 Å². The molecule has 0 aromatic rings. The molecule has 0 aliphatic carbocycles. The SMILES string of the molecule is C/C([CH]=[V])=C(/N)N(C)[CH]=[V]. The molecule has 0 amide bonds. The van der Waals surface area contributed by atoms with Crippen molar-refractivity contribution in [1.29, 1.82) is 0 Å². The number of hydrogen-bond acceptors (Lipinski definition) is 2. The van der Waals surface area contributed by atoms with Crippen LogP contribution in [0.2, 0.25) is 0 Å². The Kier molecular flexibility index (Phi) is 5.10. The van der Waals surface area contributed by atoms with E-state index in [9.17, 15) is 0 Å². The van der Waals surface area contributed by atoms with Crippen LogP contribution < -0.4 is 5.73 Å². The van der Waals surface area contributed by atoms with Gasteiger partial charge in [-0.3, -0.25) is 0 Å². The Balaban J connectivity index is 4.43. The van der Waals surface area contributed by atoms with Gasteiger partial charge in [0, 0.05) is 0 Å². The zero-order chi connectivity index (χ0) is 8.15. The van der Waals surface area contributed by atoms with Gasteiger partial charge < -0.3 is 0 Å². The van der Waals surface area contributed by atoms with Gasteiger partial charge in [0.05, 0.1) is 0 Å². The summed E-state index contributed by atoms with van der Waals surface area (Å²) >= 11 is 4.74. The zero-order valence-corrected chi connectivity index (χ0v) is 8.87. The first-order chi connectivity index (χ1) is 4.63. The van der Waals surface area contributed by atoms with E-state index in [1.54, 1.807) is 0 Å². The van der Waals surface area contributed by atoms with Crippen LogP contribution in [0.3, 0.4) is 0 Å². The van der Waals surface area contributed by atoms with Gasteiger partial charge >= 0.3 is 79.5 Å². The van der Waals surface area contributed by atoms with E-state index in [2.05, 4.69) is 34.0 Å². The third kappa shape index (κ3) is 2.89. The number of hydrogen-bond donors (Lipinski definition) is 1. The van der Waals surface area contributed by atoms with Crippen molar-refractivity contribution in [3.63, 3.8) is 0 Å². The molecule has 0 fully saturated rings. The summed E-state index contributed by atoms with van der Waals surface area (Å²) in [4.78, 5) is 3.72. The fourth-order valence-electron chi connectivity index (χ4n) is 0.407. The van der Waals surface area contributed by atoms with E-state index in [-0.39, 0.29) is 0 Å². The van der Waals surface area contributed by atoms with Gasteiger partial charge in [0.25, 0.3) is 0 Å². The molecular weight excluding hydrogens is 202 g/mol. The van der Waals surface area contributed by atoms with Crippen molar-refractivity contribution in [2.75, 3.05) is 7.05 Å². The molecule has 0 unspecified atom stereocenters. The molecule has 0 saturated carbocycles. The average Bonchev–Trinajstić information content (AvgIpc) is 2.00. The van der Waals surface area contributed by atoms with Crippen molar-refractivity contribution in [2.24, 2.45) is 5.73 Å². The van der Waals surface area contributed by atoms with Crippen LogP contribution in [-0.2, 0) is 34.0 Å². The van der Waals surface area contributed by atoms with Gasteiger partial charge in [-0.1, -0.05) is 0 Å². The Hall–Kier alpha value is 0.249. The van der Waals surface area contributed by atoms with E-state index in [1.165, 1.54) is 0 Å². The molecular formula is C6H10N2V2. The summed E-state index contributed by atoms with van der Waals surface area (Å²) in [6, 6.07) is 0. The number of nitrogens with zero attached hydrogens (tertiary/aromatic N) is 1. The number of nitrogens with two attached hydrogens (primary N) is 1. The summed E-state index contributed by atoms with van der Waals surface area (Å²) < 4.78 is 1.93. The third-order valence-electron chi connectivity index (χ3n) is 1.15. The molecule has 0 aliphatic rings. The molecule has 2 N–H and O–H groups in total. The van der Waals surface area contributed by atoms with Crippen LogP contribution >= 0.6 is 0 Å². The minimum absolute atomic E-state index is 0.779. The summed E-state index contributed by atoms with van der Waals surface area (Å²) in [6.07, 6.45) is 0. The van der Waals surface area contributed by atoms with Crippen LogP contribution in [0.25, 0.3) is 0 Å². The van der Waals surface area contributed by atoms with Crippen LogP contribution in [0, 0.1) is 0 Å². The molecule has 0 spiro atoms. The van der Waals surface area contributed by atoms with Gasteiger partial charge in [0.15, 0.2) is 0 Å². The first-order valence-electron chi connectivity index (χ1n) is 2.77. The molecule has 0 bridgehead atoms. The standard InChI is InChI=1S/C6H10N2.2V/c1-5(2)6(7)8(3)4;;/h1,3H,7H2,2,4H3;;/b6-5-;;. The fraction of sp³-hybridized carbons (Fsp3) is 0.333. The summed E-state index contributed by atoms with van der Waals surface area (Å²) in [5.41, 5.74) is 6.78. The summed E-state index contributed by atoms with van der Waals surface area (Å²) in [7, 11) is 1.91. The fourth-order valence-corrected chi connectivity index (χ4v) is 0.807. The van der Waals surface area contributed by atoms with Gasteiger partial charge in [-0.2, -0.15) is 0 Å². The van der Waals surface area contributed by atoms with Crippen molar-refractivity contribution in [3.8, 4) is 0 Å². The molecule has 4 heteroatoms. The third-order valence-corrected chi connectivity index (χ3v) is 2.30. The molecule has 0 atom stereocenters. The molecule has 0 heterocycles. The number of allylic oxidation sites excluding steroid dienone is 1. The van der Waals surface area contributed by atoms with Crippen LogP contribution in [0.5, 0.6) is 0 Å². The van der Waals surface area contributed by atoms with Crippen LogP contribution in [-0.4, -0.2) is 21.5 Å². The van der Waals surface area contributed by atoms with E-state index in [1.807, 2.05) is 28.5 Å². The predicted octanol–water partition coefficient (Wildman–Crippen LogP) is -0.236. The topological polar surface area (TPSA) is 29.3 Å². The zero-order valence-electron chi connectivity index (χ0n) is 6.07. The predicted molar refractivity (Wildman–Crippen MR) is 36.8 cm³/mol. The minimum atomic E-state index is 0.779. The Bertz CT molecular complexity index is 175. The average molecular weight is 212 g/mol. The van der Waals surface area contributed by atoms with Gasteiger partial charge in [0.2, 0.25) is 0 Å². The Morgan fingerprint density at radius 2 is 2.00 bits per heavy atom. The summed E-state index contributed by atoms with van der Waals surface area (Å²) in [5, 5.41) is 0. The van der Waals surface area contributed by atoms with Crippen LogP contribution in [0.15, 0.2) is 11.4 Å². The Morgan fingerprint density at radius 1 is 1.50 bits per heavy atom. The second kappa shape index (κ2) is 4.97. The molecule has 0 aromatic heterocycles. The first kappa shape index (κ1) is 10.2. The van der Waals surface area contributed by atoms with Crippen molar-refractivity contribution in [1.82, 2.24) is 4.90 Å². The molecule has 0 aliphatic heterocycles. The first-order valence-corrected chi connectivity index (χ1v) is 4.39. The molecule has 0 rings (SSSR count). The molecule has 0 radical (unpaired) electrons. The van der Waals surface area contributed by atoms with Crippen molar-refractivity contribution < 1.29 is 34.0 Å². The summed E-state index contributed by atoms with van der Waals surface area (Å²) in [6.45, 7) is 1.97. The molecule has 2 nitrogen and oxygen atoms in total. The maximum absolute atomic E-state index is 5.70. The van der Waals surface area contributed by atoms with E-state index in [0.717, 1.165) is 11.4 Å². The molecule has 0 aromatic carbocycles. The summed E-state index contributed by atoms with van der Waals surface area (Å²) in [5.74, 6) is 0.779. The maximum atomic E-state index is 5.70. The second-order valence-electron chi connectivity index (χ2n) is 1.92. The van der Waals surface area contributed by atoms with Gasteiger partial charge in [0.1, 0.15) is 0 Å². The monoisotopic (exact) mass is 212 g/mol. The van der Waals surface area contributed by atoms with Crippen molar-refractivity contribution in [2.45, 2.75) is 6.92 Å². The number of rotatable bonds is 3. The van der Waals surface area contributed by atoms with Gasteiger partial charge in [-0.05, 0) is 0 Å². The van der Waals surface area contributed by atoms with E-state index >= 15 is 0 Å². The normalized spacial score (nSPS) is 11.6. The Labute approximate surface area is 79.4 Å². The van der Waals surface area contributed by atoms with E-state index < -0.39 is 0 Å².